The number of rotatable bonds is 7. The third-order valence-electron chi connectivity index (χ3n) is 4.82. The fourth-order valence-electron chi connectivity index (χ4n) is 3.39. The lowest BCUT2D eigenvalue weighted by molar-refractivity contribution is -0.125. The molecule has 1 aliphatic rings. The van der Waals surface area contributed by atoms with Crippen LogP contribution in [0.25, 0.3) is 0 Å². The summed E-state index contributed by atoms with van der Waals surface area (Å²) in [5.74, 6) is -0.384. The quantitative estimate of drug-likeness (QED) is 0.716. The second kappa shape index (κ2) is 9.05. The Morgan fingerprint density at radius 3 is 2.50 bits per heavy atom. The van der Waals surface area contributed by atoms with Gasteiger partial charge in [-0.1, -0.05) is 41.9 Å². The number of hydrogen-bond acceptors (Lipinski definition) is 4. The topological polar surface area (TPSA) is 86.7 Å². The second-order valence-corrected chi connectivity index (χ2v) is 9.13. The Hall–Kier alpha value is -1.93. The Labute approximate surface area is 170 Å². The summed E-state index contributed by atoms with van der Waals surface area (Å²) in [5.41, 5.74) is 0.985. The van der Waals surface area contributed by atoms with E-state index in [1.165, 1.54) is 28.6 Å². The first kappa shape index (κ1) is 20.8. The highest BCUT2D eigenvalue weighted by atomic mass is 35.5. The van der Waals surface area contributed by atoms with Crippen molar-refractivity contribution in [3.8, 4) is 0 Å². The lowest BCUT2D eigenvalue weighted by Gasteiger charge is -2.25. The highest BCUT2D eigenvalue weighted by Crippen LogP contribution is 2.27. The lowest BCUT2D eigenvalue weighted by atomic mass is 10.1. The second-order valence-electron chi connectivity index (χ2n) is 6.81. The summed E-state index contributed by atoms with van der Waals surface area (Å²) < 4.78 is 27.2. The van der Waals surface area contributed by atoms with Crippen molar-refractivity contribution in [3.63, 3.8) is 0 Å². The van der Waals surface area contributed by atoms with Gasteiger partial charge in [0.1, 0.15) is 6.04 Å². The van der Waals surface area contributed by atoms with Gasteiger partial charge in [-0.25, -0.2) is 8.42 Å². The van der Waals surface area contributed by atoms with Crippen LogP contribution >= 0.6 is 11.6 Å². The average molecular weight is 423 g/mol. The summed E-state index contributed by atoms with van der Waals surface area (Å²) in [7, 11) is -3.80. The van der Waals surface area contributed by atoms with Crippen LogP contribution in [0.3, 0.4) is 0 Å². The predicted octanol–water partition coefficient (Wildman–Crippen LogP) is 2.21. The van der Waals surface area contributed by atoms with Crippen molar-refractivity contribution in [3.05, 3.63) is 65.2 Å². The molecular formula is C20H23ClN2O4S. The molecule has 2 atom stereocenters. The molecule has 3 rings (SSSR count). The van der Waals surface area contributed by atoms with Crippen LogP contribution in [0.15, 0.2) is 59.5 Å². The van der Waals surface area contributed by atoms with Crippen LogP contribution in [0, 0.1) is 0 Å². The summed E-state index contributed by atoms with van der Waals surface area (Å²) in [4.78, 5) is 12.9. The van der Waals surface area contributed by atoms with Gasteiger partial charge >= 0.3 is 0 Å². The smallest absolute Gasteiger partial charge is 0.243 e. The van der Waals surface area contributed by atoms with E-state index in [0.29, 0.717) is 24.3 Å². The zero-order valence-corrected chi connectivity index (χ0v) is 16.9. The fraction of sp³-hybridized carbons (Fsp3) is 0.350. The summed E-state index contributed by atoms with van der Waals surface area (Å²) in [6.07, 6.45) is 1.52. The molecule has 1 amide bonds. The zero-order chi connectivity index (χ0) is 20.1. The number of nitrogens with zero attached hydrogens (tertiary/aromatic N) is 1. The highest BCUT2D eigenvalue weighted by molar-refractivity contribution is 7.89. The number of aliphatic hydroxyl groups is 1. The van der Waals surface area contributed by atoms with Crippen molar-refractivity contribution in [2.45, 2.75) is 36.2 Å². The van der Waals surface area contributed by atoms with Gasteiger partial charge in [-0.2, -0.15) is 4.31 Å². The van der Waals surface area contributed by atoms with E-state index in [-0.39, 0.29) is 24.0 Å². The van der Waals surface area contributed by atoms with E-state index in [4.69, 9.17) is 11.6 Å². The Kier molecular flexibility index (Phi) is 6.72. The highest BCUT2D eigenvalue weighted by Gasteiger charge is 2.39. The number of hydrogen-bond donors (Lipinski definition) is 2. The van der Waals surface area contributed by atoms with Crippen LogP contribution in [0.4, 0.5) is 0 Å². The molecule has 8 heteroatoms. The molecule has 0 aromatic heterocycles. The molecule has 0 aliphatic carbocycles. The maximum Gasteiger partial charge on any atom is 0.243 e. The first-order valence-corrected chi connectivity index (χ1v) is 11.0. The molecule has 2 aromatic rings. The number of sulfonamides is 1. The Morgan fingerprint density at radius 1 is 1.18 bits per heavy atom. The minimum atomic E-state index is -3.80. The molecule has 1 fully saturated rings. The Balaban J connectivity index is 1.72. The predicted molar refractivity (Wildman–Crippen MR) is 108 cm³/mol. The number of nitrogens with one attached hydrogen (secondary N) is 1. The van der Waals surface area contributed by atoms with Gasteiger partial charge in [0.05, 0.1) is 17.5 Å². The molecule has 2 N–H and O–H groups in total. The number of aliphatic hydroxyl groups excluding tert-OH is 1. The van der Waals surface area contributed by atoms with Crippen molar-refractivity contribution >= 4 is 27.5 Å². The van der Waals surface area contributed by atoms with E-state index in [2.05, 4.69) is 5.32 Å². The molecular weight excluding hydrogens is 400 g/mol. The van der Waals surface area contributed by atoms with Crippen molar-refractivity contribution in [2.75, 3.05) is 13.2 Å². The number of carbonyl (C=O) groups excluding carboxylic acids is 1. The summed E-state index contributed by atoms with van der Waals surface area (Å²) in [5, 5.41) is 12.9. The van der Waals surface area contributed by atoms with Gasteiger partial charge in [-0.05, 0) is 49.1 Å². The SMILES string of the molecule is O=C(N[C@H](CO)Cc1ccccc1)[C@H]1CCCN1S(=O)(=O)c1ccc(Cl)cc1. The largest absolute Gasteiger partial charge is 0.394 e. The van der Waals surface area contributed by atoms with E-state index in [1.807, 2.05) is 30.3 Å². The molecule has 28 heavy (non-hydrogen) atoms. The van der Waals surface area contributed by atoms with Crippen molar-refractivity contribution in [1.82, 2.24) is 9.62 Å². The molecule has 2 aromatic carbocycles. The van der Waals surface area contributed by atoms with Crippen molar-refractivity contribution in [2.24, 2.45) is 0 Å². The lowest BCUT2D eigenvalue weighted by Crippen LogP contribution is -2.50. The molecule has 1 saturated heterocycles. The van der Waals surface area contributed by atoms with Crippen LogP contribution in [0.1, 0.15) is 18.4 Å². The standard InChI is InChI=1S/C20H23ClN2O4S/c21-16-8-10-18(11-9-16)28(26,27)23-12-4-7-19(23)20(25)22-17(14-24)13-15-5-2-1-3-6-15/h1-3,5-6,8-11,17,19,24H,4,7,12-14H2,(H,22,25)/t17-,19+/m0/s1. The van der Waals surface area contributed by atoms with E-state index < -0.39 is 22.1 Å². The van der Waals surface area contributed by atoms with Gasteiger partial charge in [0.2, 0.25) is 15.9 Å². The zero-order valence-electron chi connectivity index (χ0n) is 15.3. The summed E-state index contributed by atoms with van der Waals surface area (Å²) >= 11 is 5.84. The average Bonchev–Trinajstić information content (AvgIpc) is 3.19. The molecule has 0 saturated carbocycles. The Morgan fingerprint density at radius 2 is 1.86 bits per heavy atom. The molecule has 0 bridgehead atoms. The minimum Gasteiger partial charge on any atom is -0.394 e. The molecule has 1 heterocycles. The maximum atomic E-state index is 13.0. The van der Waals surface area contributed by atoms with E-state index >= 15 is 0 Å². The van der Waals surface area contributed by atoms with Crippen molar-refractivity contribution < 1.29 is 18.3 Å². The summed E-state index contributed by atoms with van der Waals surface area (Å²) in [6.45, 7) is 0.0583. The molecule has 0 spiro atoms. The number of halogens is 1. The first-order valence-electron chi connectivity index (χ1n) is 9.14. The number of benzene rings is 2. The van der Waals surface area contributed by atoms with Crippen LogP contribution < -0.4 is 5.32 Å². The van der Waals surface area contributed by atoms with Crippen LogP contribution in [-0.4, -0.2) is 49.0 Å². The number of carbonyl (C=O) groups is 1. The van der Waals surface area contributed by atoms with Gasteiger partial charge in [-0.15, -0.1) is 0 Å². The third-order valence-corrected chi connectivity index (χ3v) is 6.99. The van der Waals surface area contributed by atoms with Crippen LogP contribution in [-0.2, 0) is 21.2 Å². The molecule has 150 valence electrons. The number of amides is 1. The Bertz CT molecular complexity index is 904. The van der Waals surface area contributed by atoms with Gasteiger partial charge in [0, 0.05) is 11.6 Å². The monoisotopic (exact) mass is 422 g/mol. The van der Waals surface area contributed by atoms with Gasteiger partial charge in [0.15, 0.2) is 0 Å². The maximum absolute atomic E-state index is 13.0. The van der Waals surface area contributed by atoms with E-state index in [0.717, 1.165) is 5.56 Å². The van der Waals surface area contributed by atoms with Gasteiger partial charge < -0.3 is 10.4 Å². The van der Waals surface area contributed by atoms with E-state index in [9.17, 15) is 18.3 Å². The normalized spacial score (nSPS) is 18.7. The first-order chi connectivity index (χ1) is 13.4. The van der Waals surface area contributed by atoms with E-state index in [1.54, 1.807) is 0 Å². The summed E-state index contributed by atoms with van der Waals surface area (Å²) in [6, 6.07) is 14.2. The van der Waals surface area contributed by atoms with Crippen molar-refractivity contribution in [1.29, 1.82) is 0 Å². The molecule has 6 nitrogen and oxygen atoms in total. The minimum absolute atomic E-state index is 0.111. The van der Waals surface area contributed by atoms with Crippen LogP contribution in [0.2, 0.25) is 5.02 Å². The van der Waals surface area contributed by atoms with Gasteiger partial charge in [-0.3, -0.25) is 4.79 Å². The van der Waals surface area contributed by atoms with Gasteiger partial charge in [0.25, 0.3) is 0 Å². The molecule has 0 unspecified atom stereocenters. The molecule has 1 aliphatic heterocycles. The van der Waals surface area contributed by atoms with Crippen LogP contribution in [0.5, 0.6) is 0 Å². The third kappa shape index (κ3) is 4.72. The molecule has 0 radical (unpaired) electrons. The fourth-order valence-corrected chi connectivity index (χ4v) is 5.17.